The number of anilines is 1. The summed E-state index contributed by atoms with van der Waals surface area (Å²) in [6, 6.07) is 9.55. The Morgan fingerprint density at radius 1 is 1.22 bits per heavy atom. The highest BCUT2D eigenvalue weighted by atomic mass is 32.2. The molecule has 120 valence electrons. The van der Waals surface area contributed by atoms with Crippen LogP contribution in [0.15, 0.2) is 34.9 Å². The van der Waals surface area contributed by atoms with Crippen LogP contribution in [0.1, 0.15) is 41.3 Å². The molecule has 23 heavy (non-hydrogen) atoms. The largest absolute Gasteiger partial charge is 0.467 e. The van der Waals surface area contributed by atoms with Crippen LogP contribution in [0.3, 0.4) is 0 Å². The van der Waals surface area contributed by atoms with Crippen molar-refractivity contribution in [2.75, 3.05) is 23.0 Å². The van der Waals surface area contributed by atoms with Crippen LogP contribution in [0, 0.1) is 6.92 Å². The Bertz CT molecular complexity index is 748. The van der Waals surface area contributed by atoms with Gasteiger partial charge in [-0.3, -0.25) is 0 Å². The molecule has 1 aromatic heterocycles. The molecule has 0 bridgehead atoms. The van der Waals surface area contributed by atoms with Gasteiger partial charge in [0.1, 0.15) is 5.76 Å². The van der Waals surface area contributed by atoms with Crippen LogP contribution in [-0.2, 0) is 10.5 Å². The van der Waals surface area contributed by atoms with E-state index in [1.54, 1.807) is 5.56 Å². The Kier molecular flexibility index (Phi) is 3.28. The van der Waals surface area contributed by atoms with Crippen molar-refractivity contribution >= 4 is 29.2 Å². The minimum absolute atomic E-state index is 0.191. The molecule has 4 heteroatoms. The number of fused-ring (bicyclic) bond motifs is 6. The number of rotatable bonds is 0. The summed E-state index contributed by atoms with van der Waals surface area (Å²) in [7, 11) is 0. The van der Waals surface area contributed by atoms with Gasteiger partial charge in [0.25, 0.3) is 0 Å². The minimum atomic E-state index is 0.191. The standard InChI is InChI=1S/C19H21NOS2/c1-13-18-16(12-21-13)19(22-9-4-10-23-19)11-17-15-6-3-2-5-14(15)7-8-20(17)18/h2-3,5-6,12,17H,4,7-11H2,1H3. The number of benzene rings is 1. The van der Waals surface area contributed by atoms with E-state index in [1.165, 1.54) is 41.2 Å². The molecule has 1 unspecified atom stereocenters. The first kappa shape index (κ1) is 14.4. The lowest BCUT2D eigenvalue weighted by Crippen LogP contribution is -2.44. The molecule has 5 rings (SSSR count). The molecule has 1 aromatic carbocycles. The van der Waals surface area contributed by atoms with Crippen LogP contribution in [0.4, 0.5) is 5.69 Å². The predicted octanol–water partition coefficient (Wildman–Crippen LogP) is 5.12. The normalized spacial score (nSPS) is 24.9. The second-order valence-corrected chi connectivity index (χ2v) is 9.77. The predicted molar refractivity (Wildman–Crippen MR) is 99.5 cm³/mol. The van der Waals surface area contributed by atoms with Crippen molar-refractivity contribution in [1.82, 2.24) is 0 Å². The molecule has 1 atom stereocenters. The van der Waals surface area contributed by atoms with Gasteiger partial charge in [-0.1, -0.05) is 24.3 Å². The van der Waals surface area contributed by atoms with Gasteiger partial charge in [-0.05, 0) is 42.4 Å². The Morgan fingerprint density at radius 3 is 2.91 bits per heavy atom. The third-order valence-corrected chi connectivity index (χ3v) is 8.87. The molecule has 0 amide bonds. The van der Waals surface area contributed by atoms with Gasteiger partial charge in [-0.15, -0.1) is 23.5 Å². The second-order valence-electron chi connectivity index (χ2n) is 6.72. The first-order valence-corrected chi connectivity index (χ1v) is 10.5. The van der Waals surface area contributed by atoms with Crippen LogP contribution in [0.25, 0.3) is 0 Å². The number of thioether (sulfide) groups is 2. The van der Waals surface area contributed by atoms with Crippen molar-refractivity contribution in [3.05, 3.63) is 53.0 Å². The Hall–Kier alpha value is -1.000. The topological polar surface area (TPSA) is 16.4 Å². The molecule has 2 nitrogen and oxygen atoms in total. The fourth-order valence-corrected chi connectivity index (χ4v) is 7.83. The summed E-state index contributed by atoms with van der Waals surface area (Å²) in [5, 5.41) is 0. The quantitative estimate of drug-likeness (QED) is 0.660. The summed E-state index contributed by atoms with van der Waals surface area (Å²) in [5.74, 6) is 3.63. The van der Waals surface area contributed by atoms with Crippen LogP contribution < -0.4 is 4.90 Å². The molecule has 1 spiro atoms. The smallest absolute Gasteiger partial charge is 0.124 e. The van der Waals surface area contributed by atoms with Gasteiger partial charge in [-0.25, -0.2) is 0 Å². The van der Waals surface area contributed by atoms with E-state index in [1.807, 2.05) is 6.26 Å². The zero-order valence-electron chi connectivity index (χ0n) is 13.4. The second kappa shape index (κ2) is 5.25. The van der Waals surface area contributed by atoms with Gasteiger partial charge in [0.15, 0.2) is 0 Å². The number of hydrogen-bond acceptors (Lipinski definition) is 4. The van der Waals surface area contributed by atoms with E-state index < -0.39 is 0 Å². The third-order valence-electron chi connectivity index (χ3n) is 5.47. The van der Waals surface area contributed by atoms with E-state index in [-0.39, 0.29) is 4.08 Å². The van der Waals surface area contributed by atoms with Crippen LogP contribution in [0.5, 0.6) is 0 Å². The molecule has 0 saturated carbocycles. The number of furan rings is 1. The van der Waals surface area contributed by atoms with Crippen LogP contribution >= 0.6 is 23.5 Å². The van der Waals surface area contributed by atoms with Gasteiger partial charge in [0.2, 0.25) is 0 Å². The lowest BCUT2D eigenvalue weighted by molar-refractivity contribution is 0.500. The average molecular weight is 344 g/mol. The van der Waals surface area contributed by atoms with E-state index >= 15 is 0 Å². The van der Waals surface area contributed by atoms with E-state index in [0.29, 0.717) is 6.04 Å². The third kappa shape index (κ3) is 2.04. The Morgan fingerprint density at radius 2 is 2.04 bits per heavy atom. The van der Waals surface area contributed by atoms with Gasteiger partial charge < -0.3 is 9.32 Å². The van der Waals surface area contributed by atoms with E-state index in [0.717, 1.165) is 18.7 Å². The van der Waals surface area contributed by atoms with Gasteiger partial charge in [0.05, 0.1) is 22.1 Å². The number of hydrogen-bond donors (Lipinski definition) is 0. The number of aryl methyl sites for hydroxylation is 1. The lowest BCUT2D eigenvalue weighted by Gasteiger charge is -2.50. The van der Waals surface area contributed by atoms with Gasteiger partial charge in [0, 0.05) is 18.5 Å². The van der Waals surface area contributed by atoms with Gasteiger partial charge in [-0.2, -0.15) is 0 Å². The van der Waals surface area contributed by atoms with Crippen molar-refractivity contribution in [1.29, 1.82) is 0 Å². The Labute approximate surface area is 146 Å². The first-order chi connectivity index (χ1) is 11.3. The molecular formula is C19H21NOS2. The van der Waals surface area contributed by atoms with Crippen LogP contribution in [-0.4, -0.2) is 18.1 Å². The average Bonchev–Trinajstić information content (AvgIpc) is 2.99. The summed E-state index contributed by atoms with van der Waals surface area (Å²) < 4.78 is 6.11. The monoisotopic (exact) mass is 343 g/mol. The van der Waals surface area contributed by atoms with E-state index in [2.05, 4.69) is 59.6 Å². The summed E-state index contributed by atoms with van der Waals surface area (Å²) >= 11 is 4.30. The molecular weight excluding hydrogens is 322 g/mol. The maximum absolute atomic E-state index is 5.91. The molecule has 3 aliphatic heterocycles. The summed E-state index contributed by atoms with van der Waals surface area (Å²) in [5.41, 5.74) is 5.91. The fraction of sp³-hybridized carbons (Fsp3) is 0.474. The van der Waals surface area contributed by atoms with Crippen molar-refractivity contribution < 1.29 is 4.42 Å². The zero-order valence-corrected chi connectivity index (χ0v) is 15.0. The molecule has 1 saturated heterocycles. The van der Waals surface area contributed by atoms with Crippen LogP contribution in [0.2, 0.25) is 0 Å². The Balaban J connectivity index is 1.68. The molecule has 0 N–H and O–H groups in total. The molecule has 0 aliphatic carbocycles. The van der Waals surface area contributed by atoms with E-state index in [9.17, 15) is 0 Å². The number of nitrogens with zero attached hydrogens (tertiary/aromatic N) is 1. The first-order valence-electron chi connectivity index (χ1n) is 8.49. The highest BCUT2D eigenvalue weighted by Crippen LogP contribution is 2.62. The lowest BCUT2D eigenvalue weighted by atomic mass is 9.85. The SMILES string of the molecule is Cc1occ2c1N1CCc3ccccc3C1CC21SCCCS1. The summed E-state index contributed by atoms with van der Waals surface area (Å²) in [6.07, 6.45) is 5.72. The summed E-state index contributed by atoms with van der Waals surface area (Å²) in [4.78, 5) is 2.62. The minimum Gasteiger partial charge on any atom is -0.467 e. The highest BCUT2D eigenvalue weighted by molar-refractivity contribution is 8.18. The molecule has 0 radical (unpaired) electrons. The highest BCUT2D eigenvalue weighted by Gasteiger charge is 2.49. The zero-order chi connectivity index (χ0) is 15.4. The molecule has 4 heterocycles. The van der Waals surface area contributed by atoms with Gasteiger partial charge >= 0.3 is 0 Å². The molecule has 2 aromatic rings. The maximum atomic E-state index is 5.91. The van der Waals surface area contributed by atoms with Crippen molar-refractivity contribution in [3.8, 4) is 0 Å². The molecule has 1 fully saturated rings. The van der Waals surface area contributed by atoms with Crippen molar-refractivity contribution in [3.63, 3.8) is 0 Å². The molecule has 3 aliphatic rings. The fourth-order valence-electron chi connectivity index (χ4n) is 4.43. The summed E-state index contributed by atoms with van der Waals surface area (Å²) in [6.45, 7) is 3.24. The maximum Gasteiger partial charge on any atom is 0.124 e. The van der Waals surface area contributed by atoms with E-state index in [4.69, 9.17) is 4.42 Å². The van der Waals surface area contributed by atoms with Crippen molar-refractivity contribution in [2.45, 2.75) is 36.3 Å². The van der Waals surface area contributed by atoms with Crippen molar-refractivity contribution in [2.24, 2.45) is 0 Å².